The molecule has 48 valence electrons. The Morgan fingerprint density at radius 3 is 2.22 bits per heavy atom. The predicted molar refractivity (Wildman–Crippen MR) is 28.4 cm³/mol. The summed E-state index contributed by atoms with van der Waals surface area (Å²) in [7, 11) is 0. The van der Waals surface area contributed by atoms with Crippen molar-refractivity contribution >= 4 is 11.9 Å². The summed E-state index contributed by atoms with van der Waals surface area (Å²) in [6.07, 6.45) is 0. The molecule has 4 nitrogen and oxygen atoms in total. The molecule has 0 aromatic heterocycles. The minimum absolute atomic E-state index is 0.0278. The van der Waals surface area contributed by atoms with Gasteiger partial charge < -0.3 is 0 Å². The number of hydrogen-bond acceptors (Lipinski definition) is 2. The molecule has 2 fully saturated rings. The number of quaternary nitrogens is 1. The van der Waals surface area contributed by atoms with Gasteiger partial charge in [0.25, 0.3) is 0 Å². The SMILES string of the molecule is O=C1CNC(=O)[N+]12CC2. The van der Waals surface area contributed by atoms with Crippen molar-refractivity contribution in [3.63, 3.8) is 0 Å². The largest absolute Gasteiger partial charge is 0.425 e. The third-order valence-electron chi connectivity index (χ3n) is 1.93. The molecule has 2 aliphatic heterocycles. The molecule has 9 heavy (non-hydrogen) atoms. The fourth-order valence-electron chi connectivity index (χ4n) is 1.12. The smallest absolute Gasteiger partial charge is 0.292 e. The Balaban J connectivity index is 2.37. The summed E-state index contributed by atoms with van der Waals surface area (Å²) in [4.78, 5) is 21.7. The van der Waals surface area contributed by atoms with E-state index in [1.165, 1.54) is 0 Å². The highest BCUT2D eigenvalue weighted by Crippen LogP contribution is 2.24. The summed E-state index contributed by atoms with van der Waals surface area (Å²) >= 11 is 0. The van der Waals surface area contributed by atoms with E-state index in [0.717, 1.165) is 0 Å². The molecule has 2 aliphatic rings. The standard InChI is InChI=1S/C5H6N2O2/c8-4-3-6-5(9)7(4)1-2-7/h1-3H2/p+1. The molecule has 2 saturated heterocycles. The molecule has 0 atom stereocenters. The van der Waals surface area contributed by atoms with Gasteiger partial charge in [-0.25, -0.2) is 9.59 Å². The van der Waals surface area contributed by atoms with Crippen LogP contribution in [0.15, 0.2) is 0 Å². The fraction of sp³-hybridized carbons (Fsp3) is 0.600. The number of urea groups is 1. The summed E-state index contributed by atoms with van der Waals surface area (Å²) in [5.41, 5.74) is 0. The molecule has 2 rings (SSSR count). The fourth-order valence-corrected chi connectivity index (χ4v) is 1.12. The molecule has 1 spiro atoms. The molecule has 0 aliphatic carbocycles. The molecule has 1 N–H and O–H groups in total. The lowest BCUT2D eigenvalue weighted by atomic mass is 10.6. The lowest BCUT2D eigenvalue weighted by Gasteiger charge is -1.97. The van der Waals surface area contributed by atoms with E-state index >= 15 is 0 Å². The van der Waals surface area contributed by atoms with Gasteiger partial charge in [0.2, 0.25) is 0 Å². The third kappa shape index (κ3) is 0.415. The van der Waals surface area contributed by atoms with Crippen LogP contribution in [-0.4, -0.2) is 36.1 Å². The molecule has 0 aromatic rings. The summed E-state index contributed by atoms with van der Waals surface area (Å²) in [5, 5.41) is 2.51. The number of hydrogen-bond donors (Lipinski definition) is 1. The monoisotopic (exact) mass is 127 g/mol. The van der Waals surface area contributed by atoms with Crippen molar-refractivity contribution in [1.82, 2.24) is 5.32 Å². The lowest BCUT2D eigenvalue weighted by molar-refractivity contribution is -0.619. The van der Waals surface area contributed by atoms with E-state index in [9.17, 15) is 9.59 Å². The Hall–Kier alpha value is -0.900. The van der Waals surface area contributed by atoms with Crippen LogP contribution in [0.3, 0.4) is 0 Å². The average molecular weight is 127 g/mol. The van der Waals surface area contributed by atoms with Gasteiger partial charge in [0.15, 0.2) is 0 Å². The summed E-state index contributed by atoms with van der Waals surface area (Å²) < 4.78 is 0.0833. The van der Waals surface area contributed by atoms with Crippen LogP contribution in [0.5, 0.6) is 0 Å². The average Bonchev–Trinajstić information content (AvgIpc) is 2.56. The zero-order valence-electron chi connectivity index (χ0n) is 4.89. The van der Waals surface area contributed by atoms with Crippen molar-refractivity contribution in [2.75, 3.05) is 19.6 Å². The van der Waals surface area contributed by atoms with E-state index in [0.29, 0.717) is 13.1 Å². The number of carbonyl (C=O) groups is 2. The number of amides is 3. The van der Waals surface area contributed by atoms with Gasteiger partial charge in [-0.3, -0.25) is 5.32 Å². The topological polar surface area (TPSA) is 46.2 Å². The Labute approximate surface area is 52.0 Å². The van der Waals surface area contributed by atoms with E-state index < -0.39 is 0 Å². The van der Waals surface area contributed by atoms with Crippen molar-refractivity contribution in [2.24, 2.45) is 0 Å². The van der Waals surface area contributed by atoms with Gasteiger partial charge in [-0.05, 0) is 0 Å². The number of rotatable bonds is 0. The van der Waals surface area contributed by atoms with Gasteiger partial charge in [-0.15, -0.1) is 0 Å². The quantitative estimate of drug-likeness (QED) is 0.259. The van der Waals surface area contributed by atoms with Gasteiger partial charge in [-0.1, -0.05) is 0 Å². The van der Waals surface area contributed by atoms with Crippen LogP contribution in [0.4, 0.5) is 4.79 Å². The molecule has 0 saturated carbocycles. The van der Waals surface area contributed by atoms with Crippen molar-refractivity contribution in [1.29, 1.82) is 0 Å². The Morgan fingerprint density at radius 2 is 2.00 bits per heavy atom. The van der Waals surface area contributed by atoms with Crippen LogP contribution in [0, 0.1) is 0 Å². The number of nitrogens with one attached hydrogen (secondary N) is 1. The molecule has 0 unspecified atom stereocenters. The van der Waals surface area contributed by atoms with E-state index in [1.54, 1.807) is 0 Å². The Kier molecular flexibility index (Phi) is 0.635. The molecule has 0 radical (unpaired) electrons. The van der Waals surface area contributed by atoms with Crippen molar-refractivity contribution in [3.05, 3.63) is 0 Å². The van der Waals surface area contributed by atoms with E-state index in [4.69, 9.17) is 0 Å². The molecule has 4 heteroatoms. The highest BCUT2D eigenvalue weighted by Gasteiger charge is 2.60. The highest BCUT2D eigenvalue weighted by molar-refractivity contribution is 5.93. The maximum absolute atomic E-state index is 10.9. The molecular weight excluding hydrogens is 120 g/mol. The second-order valence-electron chi connectivity index (χ2n) is 2.47. The predicted octanol–water partition coefficient (Wildman–Crippen LogP) is -0.933. The summed E-state index contributed by atoms with van der Waals surface area (Å²) in [5.74, 6) is 0.0278. The Bertz CT molecular complexity index is 177. The lowest BCUT2D eigenvalue weighted by Crippen LogP contribution is -2.33. The van der Waals surface area contributed by atoms with Crippen LogP contribution in [-0.2, 0) is 4.79 Å². The molecule has 3 amide bonds. The van der Waals surface area contributed by atoms with Crippen molar-refractivity contribution in [2.45, 2.75) is 0 Å². The normalized spacial score (nSPS) is 28.9. The van der Waals surface area contributed by atoms with E-state index in [1.807, 2.05) is 0 Å². The van der Waals surface area contributed by atoms with E-state index in [-0.39, 0.29) is 23.0 Å². The molecule has 2 heterocycles. The highest BCUT2D eigenvalue weighted by atomic mass is 16.2. The second kappa shape index (κ2) is 1.16. The number of carbonyl (C=O) groups excluding carboxylic acids is 2. The summed E-state index contributed by atoms with van der Waals surface area (Å²) in [6.45, 7) is 1.66. The second-order valence-corrected chi connectivity index (χ2v) is 2.47. The first-order chi connectivity index (χ1) is 4.26. The first kappa shape index (κ1) is 4.93. The van der Waals surface area contributed by atoms with Gasteiger partial charge >= 0.3 is 11.9 Å². The minimum Gasteiger partial charge on any atom is -0.292 e. The Morgan fingerprint density at radius 1 is 1.33 bits per heavy atom. The van der Waals surface area contributed by atoms with Gasteiger partial charge in [0.05, 0.1) is 0 Å². The number of imide groups is 1. The maximum Gasteiger partial charge on any atom is 0.425 e. The first-order valence-electron chi connectivity index (χ1n) is 2.95. The van der Waals surface area contributed by atoms with Crippen LogP contribution in [0.25, 0.3) is 0 Å². The zero-order chi connectivity index (χ0) is 6.48. The molecule has 0 aromatic carbocycles. The number of nitrogens with zero attached hydrogens (tertiary/aromatic N) is 1. The minimum atomic E-state index is -0.111. The maximum atomic E-state index is 10.9. The van der Waals surface area contributed by atoms with Crippen LogP contribution < -0.4 is 5.32 Å². The first-order valence-corrected chi connectivity index (χ1v) is 2.95. The van der Waals surface area contributed by atoms with Gasteiger partial charge in [0.1, 0.15) is 19.6 Å². The van der Waals surface area contributed by atoms with Crippen LogP contribution in [0.2, 0.25) is 0 Å². The zero-order valence-corrected chi connectivity index (χ0v) is 4.89. The van der Waals surface area contributed by atoms with Crippen LogP contribution in [0.1, 0.15) is 0 Å². The third-order valence-corrected chi connectivity index (χ3v) is 1.93. The van der Waals surface area contributed by atoms with E-state index in [2.05, 4.69) is 5.32 Å². The molecule has 0 bridgehead atoms. The van der Waals surface area contributed by atoms with Gasteiger partial charge in [0, 0.05) is 0 Å². The van der Waals surface area contributed by atoms with Crippen LogP contribution >= 0.6 is 0 Å². The van der Waals surface area contributed by atoms with Gasteiger partial charge in [-0.2, -0.15) is 4.48 Å². The molecular formula is C5H7N2O2+. The van der Waals surface area contributed by atoms with Crippen molar-refractivity contribution in [3.8, 4) is 0 Å². The van der Waals surface area contributed by atoms with Crippen molar-refractivity contribution < 1.29 is 14.1 Å². The summed E-state index contributed by atoms with van der Waals surface area (Å²) in [6, 6.07) is -0.111.